The van der Waals surface area contributed by atoms with Gasteiger partial charge in [-0.3, -0.25) is 0 Å². The predicted molar refractivity (Wildman–Crippen MR) is 87.1 cm³/mol. The summed E-state index contributed by atoms with van der Waals surface area (Å²) in [5.41, 5.74) is 6.72. The van der Waals surface area contributed by atoms with Crippen LogP contribution in [0.3, 0.4) is 0 Å². The van der Waals surface area contributed by atoms with Gasteiger partial charge in [-0.1, -0.05) is 65.8 Å². The number of benzene rings is 2. The van der Waals surface area contributed by atoms with Crippen molar-refractivity contribution in [1.82, 2.24) is 9.66 Å². The number of nitrogens with one attached hydrogen (secondary N) is 1. The average Bonchev–Trinajstić information content (AvgIpc) is 3.07. The third-order valence-corrected chi connectivity index (χ3v) is 4.76. The zero-order chi connectivity index (χ0) is 14.2. The van der Waals surface area contributed by atoms with E-state index in [1.807, 2.05) is 41.2 Å². The van der Waals surface area contributed by atoms with Crippen molar-refractivity contribution in [2.75, 3.05) is 5.43 Å². The van der Waals surface area contributed by atoms with Gasteiger partial charge in [0.1, 0.15) is 5.37 Å². The fourth-order valence-corrected chi connectivity index (χ4v) is 3.49. The van der Waals surface area contributed by atoms with Crippen LogP contribution in [0.5, 0.6) is 0 Å². The Morgan fingerprint density at radius 2 is 1.81 bits per heavy atom. The zero-order valence-electron chi connectivity index (χ0n) is 11.0. The lowest BCUT2D eigenvalue weighted by molar-refractivity contribution is 0.787. The molecule has 3 aromatic rings. The lowest BCUT2D eigenvalue weighted by atomic mass is 10.2. The second-order valence-electron chi connectivity index (χ2n) is 4.82. The van der Waals surface area contributed by atoms with Gasteiger partial charge < -0.3 is 5.43 Å². The third kappa shape index (κ3) is 2.41. The molecule has 0 radical (unpaired) electrons. The van der Waals surface area contributed by atoms with Crippen LogP contribution >= 0.6 is 23.4 Å². The molecule has 0 aliphatic carbocycles. The molecule has 0 spiro atoms. The Labute approximate surface area is 131 Å². The highest BCUT2D eigenvalue weighted by molar-refractivity contribution is 7.99. The lowest BCUT2D eigenvalue weighted by Crippen LogP contribution is -2.10. The van der Waals surface area contributed by atoms with Crippen molar-refractivity contribution in [3.63, 3.8) is 0 Å². The minimum Gasteiger partial charge on any atom is -0.306 e. The second-order valence-corrected chi connectivity index (χ2v) is 6.33. The average molecular weight is 314 g/mol. The van der Waals surface area contributed by atoms with Crippen LogP contribution in [0.15, 0.2) is 66.0 Å². The van der Waals surface area contributed by atoms with E-state index >= 15 is 0 Å². The van der Waals surface area contributed by atoms with Crippen molar-refractivity contribution in [3.05, 3.63) is 71.4 Å². The Morgan fingerprint density at radius 1 is 1.05 bits per heavy atom. The van der Waals surface area contributed by atoms with Crippen LogP contribution in [0, 0.1) is 0 Å². The minimum absolute atomic E-state index is 0.216. The summed E-state index contributed by atoms with van der Waals surface area (Å²) < 4.78 is 1.99. The molecule has 1 atom stereocenters. The van der Waals surface area contributed by atoms with Gasteiger partial charge in [-0.15, -0.1) is 0 Å². The third-order valence-electron chi connectivity index (χ3n) is 3.40. The maximum absolute atomic E-state index is 5.92. The summed E-state index contributed by atoms with van der Waals surface area (Å²) in [5, 5.41) is 1.93. The largest absolute Gasteiger partial charge is 0.306 e. The smallest absolute Gasteiger partial charge is 0.189 e. The number of rotatable bonds is 2. The van der Waals surface area contributed by atoms with E-state index in [0.29, 0.717) is 0 Å². The van der Waals surface area contributed by atoms with Crippen LogP contribution in [0.1, 0.15) is 10.9 Å². The molecule has 2 aromatic carbocycles. The predicted octanol–water partition coefficient (Wildman–Crippen LogP) is 4.55. The number of imidazole rings is 1. The Balaban J connectivity index is 1.59. The number of hydrogen-bond acceptors (Lipinski definition) is 3. The molecule has 0 fully saturated rings. The Hall–Kier alpha value is -1.91. The number of halogens is 1. The SMILES string of the molecule is Clc1ccc(-c2cn3c(n2)SC(c2ccccc2)N3)cc1. The molecule has 4 rings (SSSR count). The first-order chi connectivity index (χ1) is 10.3. The van der Waals surface area contributed by atoms with Crippen molar-refractivity contribution in [2.24, 2.45) is 0 Å². The van der Waals surface area contributed by atoms with E-state index in [4.69, 9.17) is 11.6 Å². The van der Waals surface area contributed by atoms with Crippen molar-refractivity contribution in [2.45, 2.75) is 10.5 Å². The van der Waals surface area contributed by atoms with E-state index in [2.05, 4.69) is 34.7 Å². The molecule has 0 saturated heterocycles. The zero-order valence-corrected chi connectivity index (χ0v) is 12.6. The summed E-state index contributed by atoms with van der Waals surface area (Å²) in [6, 6.07) is 18.1. The van der Waals surface area contributed by atoms with Crippen LogP contribution in [0.2, 0.25) is 5.02 Å². The van der Waals surface area contributed by atoms with Gasteiger partial charge in [-0.05, 0) is 17.7 Å². The Bertz CT molecular complexity index is 744. The first-order valence-corrected chi connectivity index (χ1v) is 7.89. The number of fused-ring (bicyclic) bond motifs is 1. The monoisotopic (exact) mass is 313 g/mol. The molecule has 104 valence electrons. The maximum Gasteiger partial charge on any atom is 0.189 e. The van der Waals surface area contributed by atoms with E-state index < -0.39 is 0 Å². The topological polar surface area (TPSA) is 29.9 Å². The van der Waals surface area contributed by atoms with Gasteiger partial charge in [0.2, 0.25) is 0 Å². The maximum atomic E-state index is 5.92. The first kappa shape index (κ1) is 12.8. The van der Waals surface area contributed by atoms with Crippen molar-refractivity contribution in [3.8, 4) is 11.3 Å². The highest BCUT2D eigenvalue weighted by Gasteiger charge is 2.25. The van der Waals surface area contributed by atoms with Gasteiger partial charge in [0, 0.05) is 10.6 Å². The van der Waals surface area contributed by atoms with E-state index in [-0.39, 0.29) is 5.37 Å². The lowest BCUT2D eigenvalue weighted by Gasteiger charge is -2.10. The summed E-state index contributed by atoms with van der Waals surface area (Å²) >= 11 is 7.64. The van der Waals surface area contributed by atoms with Gasteiger partial charge in [0.15, 0.2) is 5.16 Å². The Kier molecular flexibility index (Phi) is 3.13. The summed E-state index contributed by atoms with van der Waals surface area (Å²) in [6.07, 6.45) is 2.02. The molecule has 21 heavy (non-hydrogen) atoms. The molecule has 5 heteroatoms. The summed E-state index contributed by atoms with van der Waals surface area (Å²) in [7, 11) is 0. The number of aromatic nitrogens is 2. The highest BCUT2D eigenvalue weighted by Crippen LogP contribution is 2.39. The van der Waals surface area contributed by atoms with Gasteiger partial charge in [-0.25, -0.2) is 9.66 Å². The van der Waals surface area contributed by atoms with Crippen LogP contribution in [0.4, 0.5) is 0 Å². The Morgan fingerprint density at radius 3 is 2.52 bits per heavy atom. The molecule has 0 amide bonds. The van der Waals surface area contributed by atoms with Gasteiger partial charge in [0.05, 0.1) is 11.9 Å². The molecule has 1 N–H and O–H groups in total. The molecule has 2 heterocycles. The normalized spacial score (nSPS) is 16.5. The van der Waals surface area contributed by atoms with Crippen LogP contribution in [0.25, 0.3) is 11.3 Å². The number of hydrogen-bond donors (Lipinski definition) is 1. The molecular weight excluding hydrogens is 302 g/mol. The quantitative estimate of drug-likeness (QED) is 0.752. The fraction of sp³-hybridized carbons (Fsp3) is 0.0625. The molecule has 0 bridgehead atoms. The molecule has 1 aromatic heterocycles. The molecule has 0 saturated carbocycles. The van der Waals surface area contributed by atoms with E-state index in [0.717, 1.165) is 21.4 Å². The number of nitrogens with zero attached hydrogens (tertiary/aromatic N) is 2. The summed E-state index contributed by atoms with van der Waals surface area (Å²) in [4.78, 5) is 4.69. The van der Waals surface area contributed by atoms with Gasteiger partial charge in [-0.2, -0.15) is 0 Å². The van der Waals surface area contributed by atoms with Gasteiger partial charge >= 0.3 is 0 Å². The fourth-order valence-electron chi connectivity index (χ4n) is 2.33. The van der Waals surface area contributed by atoms with Crippen molar-refractivity contribution < 1.29 is 0 Å². The van der Waals surface area contributed by atoms with Crippen LogP contribution < -0.4 is 5.43 Å². The van der Waals surface area contributed by atoms with E-state index in [9.17, 15) is 0 Å². The van der Waals surface area contributed by atoms with Crippen LogP contribution in [-0.2, 0) is 0 Å². The molecular formula is C16H12ClN3S. The van der Waals surface area contributed by atoms with Crippen molar-refractivity contribution >= 4 is 23.4 Å². The molecule has 1 aliphatic heterocycles. The highest BCUT2D eigenvalue weighted by atomic mass is 35.5. The molecule has 1 aliphatic rings. The second kappa shape index (κ2) is 5.13. The summed E-state index contributed by atoms with van der Waals surface area (Å²) in [5.74, 6) is 0. The van der Waals surface area contributed by atoms with Gasteiger partial charge in [0.25, 0.3) is 0 Å². The van der Waals surface area contributed by atoms with Crippen molar-refractivity contribution in [1.29, 1.82) is 0 Å². The standard InChI is InChI=1S/C16H12ClN3S/c17-13-8-6-11(7-9-13)14-10-20-16(18-14)21-15(19-20)12-4-2-1-3-5-12/h1-10,15,19H. The number of thioether (sulfide) groups is 1. The molecule has 1 unspecified atom stereocenters. The van der Waals surface area contributed by atoms with E-state index in [1.165, 1.54) is 5.56 Å². The molecule has 3 nitrogen and oxygen atoms in total. The summed E-state index contributed by atoms with van der Waals surface area (Å²) in [6.45, 7) is 0. The van der Waals surface area contributed by atoms with Crippen LogP contribution in [-0.4, -0.2) is 9.66 Å². The first-order valence-electron chi connectivity index (χ1n) is 6.63. The van der Waals surface area contributed by atoms with E-state index in [1.54, 1.807) is 11.8 Å². The minimum atomic E-state index is 0.216.